The van der Waals surface area contributed by atoms with E-state index in [-0.39, 0.29) is 11.3 Å². The third kappa shape index (κ3) is 5.89. The van der Waals surface area contributed by atoms with E-state index in [0.29, 0.717) is 30.1 Å². The van der Waals surface area contributed by atoms with Gasteiger partial charge in [0.15, 0.2) is 11.6 Å². The minimum Gasteiger partial charge on any atom is -0.490 e. The van der Waals surface area contributed by atoms with Gasteiger partial charge in [0.2, 0.25) is 5.82 Å². The first-order chi connectivity index (χ1) is 16.6. The zero-order chi connectivity index (χ0) is 23.9. The lowest BCUT2D eigenvalue weighted by Gasteiger charge is -2.38. The Morgan fingerprint density at radius 2 is 1.68 bits per heavy atom. The van der Waals surface area contributed by atoms with E-state index in [1.165, 1.54) is 50.2 Å². The fourth-order valence-corrected chi connectivity index (χ4v) is 5.67. The lowest BCUT2D eigenvalue weighted by molar-refractivity contribution is -0.0401. The minimum atomic E-state index is -0.910. The van der Waals surface area contributed by atoms with Crippen LogP contribution in [0.25, 0.3) is 11.1 Å². The molecule has 0 aromatic heterocycles. The zero-order valence-corrected chi connectivity index (χ0v) is 20.4. The Bertz CT molecular complexity index is 924. The molecule has 0 N–H and O–H groups in total. The quantitative estimate of drug-likeness (QED) is 0.344. The summed E-state index contributed by atoms with van der Waals surface area (Å²) >= 11 is 0. The van der Waals surface area contributed by atoms with Crippen LogP contribution in [0.2, 0.25) is 0 Å². The predicted molar refractivity (Wildman–Crippen MR) is 134 cm³/mol. The highest BCUT2D eigenvalue weighted by molar-refractivity contribution is 5.65. The molecule has 4 rings (SSSR count). The van der Waals surface area contributed by atoms with Gasteiger partial charge in [-0.2, -0.15) is 4.39 Å². The average Bonchev–Trinajstić information content (AvgIpc) is 2.89. The van der Waals surface area contributed by atoms with Crippen molar-refractivity contribution in [1.82, 2.24) is 0 Å². The zero-order valence-electron chi connectivity index (χ0n) is 20.4. The second kappa shape index (κ2) is 12.0. The van der Waals surface area contributed by atoms with Gasteiger partial charge in [-0.3, -0.25) is 0 Å². The number of hydrogen-bond acceptors (Lipinski definition) is 2. The molecule has 2 atom stereocenters. The molecule has 2 aromatic rings. The Kier molecular flexibility index (Phi) is 8.77. The van der Waals surface area contributed by atoms with Gasteiger partial charge in [0.1, 0.15) is 0 Å². The van der Waals surface area contributed by atoms with Gasteiger partial charge in [0.05, 0.1) is 19.3 Å². The van der Waals surface area contributed by atoms with Crippen LogP contribution in [0.3, 0.4) is 0 Å². The molecule has 0 amide bonds. The van der Waals surface area contributed by atoms with Gasteiger partial charge >= 0.3 is 0 Å². The second-order valence-electron chi connectivity index (χ2n) is 9.98. The van der Waals surface area contributed by atoms with E-state index in [4.69, 9.17) is 9.47 Å². The number of hydrogen-bond donors (Lipinski definition) is 0. The molecule has 2 nitrogen and oxygen atoms in total. The molecule has 0 spiro atoms. The summed E-state index contributed by atoms with van der Waals surface area (Å²) in [6, 6.07) is 11.2. The summed E-state index contributed by atoms with van der Waals surface area (Å²) < 4.78 is 40.5. The highest BCUT2D eigenvalue weighted by Gasteiger charge is 2.31. The summed E-state index contributed by atoms with van der Waals surface area (Å²) in [7, 11) is 0. The molecule has 2 aromatic carbocycles. The standard InChI is InChI=1S/C30H38F2O2/c1-3-5-6-26-16-15-25(20-34-26)23-9-7-21(8-10-23)22-11-13-24(14-12-22)27-17-18-28(33-19-4-2)30(32)29(27)31/h3,11-14,17-18,21,23,25-26H,1,4-10,15-16,19-20H2,2H3. The van der Waals surface area contributed by atoms with Gasteiger partial charge in [-0.15, -0.1) is 6.58 Å². The minimum absolute atomic E-state index is 0.0212. The lowest BCUT2D eigenvalue weighted by atomic mass is 9.72. The van der Waals surface area contributed by atoms with Crippen molar-refractivity contribution >= 4 is 0 Å². The Morgan fingerprint density at radius 1 is 0.941 bits per heavy atom. The van der Waals surface area contributed by atoms with Crippen LogP contribution in [0.4, 0.5) is 8.78 Å². The van der Waals surface area contributed by atoms with Gasteiger partial charge in [-0.25, -0.2) is 4.39 Å². The van der Waals surface area contributed by atoms with Crippen molar-refractivity contribution in [2.45, 2.75) is 76.7 Å². The van der Waals surface area contributed by atoms with Crippen molar-refractivity contribution in [3.8, 4) is 16.9 Å². The van der Waals surface area contributed by atoms with E-state index in [1.807, 2.05) is 25.1 Å². The summed E-state index contributed by atoms with van der Waals surface area (Å²) in [5.74, 6) is 0.232. The average molecular weight is 469 g/mol. The van der Waals surface area contributed by atoms with Crippen molar-refractivity contribution in [2.24, 2.45) is 11.8 Å². The van der Waals surface area contributed by atoms with E-state index >= 15 is 0 Å². The molecule has 2 aliphatic rings. The van der Waals surface area contributed by atoms with Crippen LogP contribution < -0.4 is 4.74 Å². The molecule has 0 bridgehead atoms. The molecule has 1 heterocycles. The molecule has 2 unspecified atom stereocenters. The third-order valence-corrected chi connectivity index (χ3v) is 7.74. The summed E-state index contributed by atoms with van der Waals surface area (Å²) in [5.41, 5.74) is 2.27. The van der Waals surface area contributed by atoms with E-state index in [0.717, 1.165) is 31.8 Å². The van der Waals surface area contributed by atoms with Crippen LogP contribution in [0.15, 0.2) is 49.1 Å². The molecule has 184 valence electrons. The van der Waals surface area contributed by atoms with Gasteiger partial charge in [0.25, 0.3) is 0 Å². The van der Waals surface area contributed by atoms with E-state index in [2.05, 4.69) is 18.7 Å². The summed E-state index contributed by atoms with van der Waals surface area (Å²) in [6.45, 7) is 7.03. The first-order valence-corrected chi connectivity index (χ1v) is 13.0. The maximum Gasteiger partial charge on any atom is 0.201 e. The van der Waals surface area contributed by atoms with Crippen LogP contribution >= 0.6 is 0 Å². The van der Waals surface area contributed by atoms with Crippen LogP contribution in [0.1, 0.15) is 76.2 Å². The van der Waals surface area contributed by atoms with Gasteiger partial charge in [-0.05, 0) is 98.8 Å². The molecule has 4 heteroatoms. The van der Waals surface area contributed by atoms with Crippen molar-refractivity contribution in [3.05, 3.63) is 66.3 Å². The third-order valence-electron chi connectivity index (χ3n) is 7.74. The largest absolute Gasteiger partial charge is 0.490 e. The molecule has 2 fully saturated rings. The highest BCUT2D eigenvalue weighted by Crippen LogP contribution is 2.42. The molecule has 0 radical (unpaired) electrons. The van der Waals surface area contributed by atoms with Gasteiger partial charge < -0.3 is 9.47 Å². The monoisotopic (exact) mass is 468 g/mol. The predicted octanol–water partition coefficient (Wildman–Crippen LogP) is 8.46. The maximum absolute atomic E-state index is 14.7. The van der Waals surface area contributed by atoms with Crippen LogP contribution in [-0.4, -0.2) is 19.3 Å². The van der Waals surface area contributed by atoms with E-state index in [9.17, 15) is 8.78 Å². The normalized spacial score (nSPS) is 25.1. The molecule has 1 aliphatic carbocycles. The summed E-state index contributed by atoms with van der Waals surface area (Å²) in [6.07, 6.45) is 12.6. The first kappa shape index (κ1) is 24.9. The second-order valence-corrected chi connectivity index (χ2v) is 9.98. The van der Waals surface area contributed by atoms with E-state index in [1.54, 1.807) is 6.07 Å². The summed E-state index contributed by atoms with van der Waals surface area (Å²) in [5, 5.41) is 0. The number of allylic oxidation sites excluding steroid dienone is 1. The Morgan fingerprint density at radius 3 is 2.32 bits per heavy atom. The van der Waals surface area contributed by atoms with E-state index < -0.39 is 11.6 Å². The van der Waals surface area contributed by atoms with Crippen molar-refractivity contribution < 1.29 is 18.3 Å². The molecule has 1 saturated heterocycles. The number of halogens is 2. The van der Waals surface area contributed by atoms with Crippen LogP contribution in [0.5, 0.6) is 5.75 Å². The highest BCUT2D eigenvalue weighted by atomic mass is 19.2. The fourth-order valence-electron chi connectivity index (χ4n) is 5.67. The number of rotatable bonds is 9. The Labute approximate surface area is 203 Å². The van der Waals surface area contributed by atoms with Crippen LogP contribution in [-0.2, 0) is 4.74 Å². The number of ether oxygens (including phenoxy) is 2. The van der Waals surface area contributed by atoms with Gasteiger partial charge in [-0.1, -0.05) is 37.3 Å². The molecular weight excluding hydrogens is 430 g/mol. The molecule has 34 heavy (non-hydrogen) atoms. The van der Waals surface area contributed by atoms with Crippen molar-refractivity contribution in [3.63, 3.8) is 0 Å². The molecule has 1 saturated carbocycles. The molecule has 1 aliphatic heterocycles. The maximum atomic E-state index is 14.7. The fraction of sp³-hybridized carbons (Fsp3) is 0.533. The van der Waals surface area contributed by atoms with Crippen LogP contribution in [0, 0.1) is 23.5 Å². The SMILES string of the molecule is C=CCCC1CCC(C2CCC(c3ccc(-c4ccc(OCCC)c(F)c4F)cc3)CC2)CO1. The smallest absolute Gasteiger partial charge is 0.201 e. The summed E-state index contributed by atoms with van der Waals surface area (Å²) in [4.78, 5) is 0. The van der Waals surface area contributed by atoms with Gasteiger partial charge in [0, 0.05) is 5.56 Å². The van der Waals surface area contributed by atoms with Crippen molar-refractivity contribution in [2.75, 3.05) is 13.2 Å². The lowest BCUT2D eigenvalue weighted by Crippen LogP contribution is -2.32. The topological polar surface area (TPSA) is 18.5 Å². The first-order valence-electron chi connectivity index (χ1n) is 13.0. The number of benzene rings is 2. The molecular formula is C30H38F2O2. The Balaban J connectivity index is 1.32. The van der Waals surface area contributed by atoms with Crippen molar-refractivity contribution in [1.29, 1.82) is 0 Å². The Hall–Kier alpha value is -2.20.